The molecule has 1 rings (SSSR count). The van der Waals surface area contributed by atoms with Gasteiger partial charge in [0.25, 0.3) is 0 Å². The smallest absolute Gasteiger partial charge is 0.143 e. The number of carbonyl (C=O) groups is 1. The highest BCUT2D eigenvalue weighted by Crippen LogP contribution is 2.07. The summed E-state index contributed by atoms with van der Waals surface area (Å²) < 4.78 is 0. The molecule has 0 fully saturated rings. The normalized spacial score (nSPS) is 12.2. The van der Waals surface area contributed by atoms with Gasteiger partial charge in [0, 0.05) is 0 Å². The van der Waals surface area contributed by atoms with Crippen LogP contribution in [0.5, 0.6) is 0 Å². The van der Waals surface area contributed by atoms with Crippen LogP contribution in [-0.2, 0) is 4.79 Å². The Morgan fingerprint density at radius 2 is 1.94 bits per heavy atom. The number of allylic oxidation sites excluding steroid dienone is 6. The van der Waals surface area contributed by atoms with E-state index in [1.165, 1.54) is 5.56 Å². The van der Waals surface area contributed by atoms with Gasteiger partial charge < -0.3 is 0 Å². The summed E-state index contributed by atoms with van der Waals surface area (Å²) in [7, 11) is 0. The molecule has 1 nitrogen and oxygen atoms in total. The Labute approximate surface area is 109 Å². The van der Waals surface area contributed by atoms with Crippen LogP contribution in [0.4, 0.5) is 0 Å². The van der Waals surface area contributed by atoms with Crippen molar-refractivity contribution < 1.29 is 4.79 Å². The van der Waals surface area contributed by atoms with Gasteiger partial charge in [-0.15, -0.1) is 0 Å². The highest BCUT2D eigenvalue weighted by atomic mass is 16.1. The number of carbonyl (C=O) groups excluding carboxylic acids is 1. The van der Waals surface area contributed by atoms with Crippen LogP contribution in [0.3, 0.4) is 0 Å². The third-order valence-corrected chi connectivity index (χ3v) is 2.40. The van der Waals surface area contributed by atoms with Crippen LogP contribution in [0.15, 0.2) is 72.4 Å². The zero-order valence-electron chi connectivity index (χ0n) is 10.7. The van der Waals surface area contributed by atoms with Crippen molar-refractivity contribution in [1.82, 2.24) is 0 Å². The number of hydrogen-bond donors (Lipinski definition) is 0. The maximum Gasteiger partial charge on any atom is 0.143 e. The highest BCUT2D eigenvalue weighted by Gasteiger charge is 1.87. The lowest BCUT2D eigenvalue weighted by atomic mass is 10.1. The van der Waals surface area contributed by atoms with Crippen molar-refractivity contribution in [2.24, 2.45) is 0 Å². The Kier molecular flexibility index (Phi) is 6.20. The molecular formula is C17H18O. The van der Waals surface area contributed by atoms with Crippen molar-refractivity contribution in [3.8, 4) is 0 Å². The molecule has 0 N–H and O–H groups in total. The molecule has 0 amide bonds. The molecule has 0 aliphatic carbocycles. The van der Waals surface area contributed by atoms with Crippen LogP contribution < -0.4 is 0 Å². The SMILES string of the molecule is C=C(/C=C/c1ccccc1)C/C=C/C(C)=C\C=O. The van der Waals surface area contributed by atoms with Crippen LogP contribution in [-0.4, -0.2) is 6.29 Å². The van der Waals surface area contributed by atoms with Crippen molar-refractivity contribution in [2.45, 2.75) is 13.3 Å². The molecule has 1 aromatic rings. The summed E-state index contributed by atoms with van der Waals surface area (Å²) in [4.78, 5) is 10.2. The molecular weight excluding hydrogens is 220 g/mol. The molecule has 0 atom stereocenters. The molecule has 0 spiro atoms. The molecule has 0 aromatic heterocycles. The first kappa shape index (κ1) is 13.9. The van der Waals surface area contributed by atoms with E-state index in [0.29, 0.717) is 0 Å². The topological polar surface area (TPSA) is 17.1 Å². The second-order valence-corrected chi connectivity index (χ2v) is 4.06. The van der Waals surface area contributed by atoms with Gasteiger partial charge in [-0.1, -0.05) is 66.8 Å². The fourth-order valence-corrected chi connectivity index (χ4v) is 1.41. The van der Waals surface area contributed by atoms with Gasteiger partial charge in [-0.3, -0.25) is 4.79 Å². The molecule has 0 bridgehead atoms. The minimum absolute atomic E-state index is 0.785. The van der Waals surface area contributed by atoms with Crippen LogP contribution in [0.2, 0.25) is 0 Å². The van der Waals surface area contributed by atoms with Gasteiger partial charge in [0.2, 0.25) is 0 Å². The summed E-state index contributed by atoms with van der Waals surface area (Å²) in [6.45, 7) is 5.88. The largest absolute Gasteiger partial charge is 0.299 e. The van der Waals surface area contributed by atoms with Crippen LogP contribution in [0, 0.1) is 0 Å². The maximum atomic E-state index is 10.2. The summed E-state index contributed by atoms with van der Waals surface area (Å²) in [5, 5.41) is 0. The Bertz CT molecular complexity index is 476. The van der Waals surface area contributed by atoms with E-state index in [-0.39, 0.29) is 0 Å². The van der Waals surface area contributed by atoms with Gasteiger partial charge in [-0.25, -0.2) is 0 Å². The molecule has 0 aliphatic heterocycles. The predicted octanol–water partition coefficient (Wildman–Crippen LogP) is 4.35. The lowest BCUT2D eigenvalue weighted by molar-refractivity contribution is -0.104. The van der Waals surface area contributed by atoms with Gasteiger partial charge in [0.05, 0.1) is 0 Å². The third kappa shape index (κ3) is 5.80. The molecule has 1 heteroatoms. The quantitative estimate of drug-likeness (QED) is 0.409. The van der Waals surface area contributed by atoms with E-state index in [4.69, 9.17) is 0 Å². The molecule has 18 heavy (non-hydrogen) atoms. The average molecular weight is 238 g/mol. The summed E-state index contributed by atoms with van der Waals surface area (Å²) in [6.07, 6.45) is 11.1. The third-order valence-electron chi connectivity index (χ3n) is 2.40. The summed E-state index contributed by atoms with van der Waals surface area (Å²) in [6, 6.07) is 10.1. The molecule has 1 aromatic carbocycles. The van der Waals surface area contributed by atoms with Crippen LogP contribution in [0.1, 0.15) is 18.9 Å². The van der Waals surface area contributed by atoms with Gasteiger partial charge in [-0.05, 0) is 30.6 Å². The van der Waals surface area contributed by atoms with Gasteiger partial charge >= 0.3 is 0 Å². The molecule has 0 saturated heterocycles. The van der Waals surface area contributed by atoms with E-state index in [0.717, 1.165) is 23.9 Å². The first-order chi connectivity index (χ1) is 8.72. The average Bonchev–Trinajstić information content (AvgIpc) is 2.38. The van der Waals surface area contributed by atoms with E-state index in [1.807, 2.05) is 49.4 Å². The summed E-state index contributed by atoms with van der Waals surface area (Å²) in [5.74, 6) is 0. The number of rotatable bonds is 6. The van der Waals surface area contributed by atoms with Gasteiger partial charge in [-0.2, -0.15) is 0 Å². The van der Waals surface area contributed by atoms with Crippen molar-refractivity contribution in [1.29, 1.82) is 0 Å². The van der Waals surface area contributed by atoms with E-state index >= 15 is 0 Å². The van der Waals surface area contributed by atoms with Gasteiger partial charge in [0.15, 0.2) is 0 Å². The number of benzene rings is 1. The van der Waals surface area contributed by atoms with Gasteiger partial charge in [0.1, 0.15) is 6.29 Å². The van der Waals surface area contributed by atoms with E-state index in [9.17, 15) is 4.79 Å². The Morgan fingerprint density at radius 1 is 1.22 bits per heavy atom. The second kappa shape index (κ2) is 8.02. The number of hydrogen-bond acceptors (Lipinski definition) is 1. The van der Waals surface area contributed by atoms with E-state index in [2.05, 4.69) is 18.7 Å². The molecule has 0 heterocycles. The van der Waals surface area contributed by atoms with Crippen LogP contribution in [0.25, 0.3) is 6.08 Å². The molecule has 0 saturated carbocycles. The Morgan fingerprint density at radius 3 is 2.61 bits per heavy atom. The van der Waals surface area contributed by atoms with E-state index < -0.39 is 0 Å². The fraction of sp³-hybridized carbons (Fsp3) is 0.118. The fourth-order valence-electron chi connectivity index (χ4n) is 1.41. The van der Waals surface area contributed by atoms with E-state index in [1.54, 1.807) is 6.08 Å². The van der Waals surface area contributed by atoms with Crippen molar-refractivity contribution in [3.63, 3.8) is 0 Å². The Balaban J connectivity index is 2.45. The highest BCUT2D eigenvalue weighted by molar-refractivity contribution is 5.66. The molecule has 92 valence electrons. The number of aldehydes is 1. The standard InChI is InChI=1S/C17H18O/c1-15(7-6-8-16(2)13-14-18)11-12-17-9-4-3-5-10-17/h3-6,8-14H,1,7H2,2H3/b8-6+,12-11+,16-13-. The monoisotopic (exact) mass is 238 g/mol. The zero-order chi connectivity index (χ0) is 13.2. The summed E-state index contributed by atoms with van der Waals surface area (Å²) in [5.41, 5.74) is 3.15. The minimum atomic E-state index is 0.785. The first-order valence-electron chi connectivity index (χ1n) is 5.92. The second-order valence-electron chi connectivity index (χ2n) is 4.06. The van der Waals surface area contributed by atoms with Crippen molar-refractivity contribution in [2.75, 3.05) is 0 Å². The zero-order valence-corrected chi connectivity index (χ0v) is 10.7. The predicted molar refractivity (Wildman–Crippen MR) is 78.2 cm³/mol. The molecule has 0 unspecified atom stereocenters. The summed E-state index contributed by atoms with van der Waals surface area (Å²) >= 11 is 0. The molecule has 0 radical (unpaired) electrons. The van der Waals surface area contributed by atoms with Crippen molar-refractivity contribution in [3.05, 3.63) is 77.9 Å². The Hall–Kier alpha value is -2.15. The maximum absolute atomic E-state index is 10.2. The molecule has 0 aliphatic rings. The van der Waals surface area contributed by atoms with Crippen molar-refractivity contribution >= 4 is 12.4 Å². The van der Waals surface area contributed by atoms with Crippen LogP contribution >= 0.6 is 0 Å². The minimum Gasteiger partial charge on any atom is -0.299 e. The first-order valence-corrected chi connectivity index (χ1v) is 5.92. The lowest BCUT2D eigenvalue weighted by Gasteiger charge is -1.95. The lowest BCUT2D eigenvalue weighted by Crippen LogP contribution is -1.75.